The Morgan fingerprint density at radius 2 is 1.96 bits per heavy atom. The highest BCUT2D eigenvalue weighted by atomic mass is 16.6. The van der Waals surface area contributed by atoms with Crippen LogP contribution >= 0.6 is 0 Å². The normalized spacial score (nSPS) is 29.4. The third-order valence-corrected chi connectivity index (χ3v) is 4.46. The summed E-state index contributed by atoms with van der Waals surface area (Å²) in [5, 5.41) is 12.3. The predicted molar refractivity (Wildman–Crippen MR) is 86.3 cm³/mol. The first-order valence-electron chi connectivity index (χ1n) is 8.17. The van der Waals surface area contributed by atoms with Gasteiger partial charge in [0.25, 0.3) is 0 Å². The number of benzene rings is 1. The van der Waals surface area contributed by atoms with Crippen molar-refractivity contribution in [2.75, 3.05) is 6.61 Å². The van der Waals surface area contributed by atoms with Gasteiger partial charge < -0.3 is 19.9 Å². The van der Waals surface area contributed by atoms with Gasteiger partial charge in [0.1, 0.15) is 11.7 Å². The van der Waals surface area contributed by atoms with Crippen molar-refractivity contribution in [1.82, 2.24) is 5.32 Å². The summed E-state index contributed by atoms with van der Waals surface area (Å²) in [7, 11) is 0. The molecule has 1 heterocycles. The molecule has 24 heavy (non-hydrogen) atoms. The van der Waals surface area contributed by atoms with Gasteiger partial charge in [-0.3, -0.25) is 4.79 Å². The van der Waals surface area contributed by atoms with Gasteiger partial charge in [-0.2, -0.15) is 0 Å². The Hall–Kier alpha value is -2.08. The van der Waals surface area contributed by atoms with E-state index in [1.54, 1.807) is 20.8 Å². The Morgan fingerprint density at radius 3 is 2.54 bits per heavy atom. The minimum Gasteiger partial charge on any atom is -0.459 e. The molecule has 1 saturated carbocycles. The summed E-state index contributed by atoms with van der Waals surface area (Å²) < 4.78 is 10.6. The van der Waals surface area contributed by atoms with E-state index in [0.717, 1.165) is 5.56 Å². The van der Waals surface area contributed by atoms with Crippen LogP contribution in [0.1, 0.15) is 32.3 Å². The zero-order chi connectivity index (χ0) is 17.5. The number of hydrogen-bond donors (Lipinski definition) is 2. The molecule has 0 aromatic heterocycles. The van der Waals surface area contributed by atoms with Crippen molar-refractivity contribution in [3.8, 4) is 0 Å². The number of alkyl carbamates (subject to hydrolysis) is 1. The summed E-state index contributed by atoms with van der Waals surface area (Å²) in [6, 6.07) is 9.11. The highest BCUT2D eigenvalue weighted by molar-refractivity contribution is 5.82. The molecule has 0 unspecified atom stereocenters. The Balaban J connectivity index is 1.69. The zero-order valence-corrected chi connectivity index (χ0v) is 14.1. The number of carbonyl (C=O) groups is 2. The molecular formula is C18H23NO5. The molecule has 1 saturated heterocycles. The SMILES string of the molecule is CC(C)(C)OC(=O)N[C@@H](CO)[C@@H]1OC(=O)[C@@H]2[C@H](c3ccccc3)[C@H]12. The molecule has 0 bridgehead atoms. The lowest BCUT2D eigenvalue weighted by atomic mass is 10.0. The molecule has 1 amide bonds. The smallest absolute Gasteiger partial charge is 0.408 e. The number of cyclic esters (lactones) is 1. The molecule has 1 aliphatic carbocycles. The molecule has 0 radical (unpaired) electrons. The highest BCUT2D eigenvalue weighted by Crippen LogP contribution is 2.61. The average Bonchev–Trinajstić information content (AvgIpc) is 3.16. The standard InChI is InChI=1S/C18H23NO5/c1-18(2,3)24-17(22)19-11(9-20)15-13-12(14(13)16(21)23-15)10-7-5-4-6-8-10/h4-8,11-15,20H,9H2,1-3H3,(H,19,22)/t11-,12+,13-,14+,15-/m0/s1. The predicted octanol–water partition coefficient (Wildman–Crippen LogP) is 1.83. The van der Waals surface area contributed by atoms with Crippen molar-refractivity contribution < 1.29 is 24.2 Å². The molecule has 1 aromatic carbocycles. The Kier molecular flexibility index (Phi) is 4.25. The van der Waals surface area contributed by atoms with Gasteiger partial charge in [-0.05, 0) is 26.3 Å². The number of carbonyl (C=O) groups excluding carboxylic acids is 2. The lowest BCUT2D eigenvalue weighted by Crippen LogP contribution is -2.49. The number of amides is 1. The number of aliphatic hydroxyl groups excluding tert-OH is 1. The van der Waals surface area contributed by atoms with Gasteiger partial charge >= 0.3 is 12.1 Å². The summed E-state index contributed by atoms with van der Waals surface area (Å²) in [4.78, 5) is 24.1. The lowest BCUT2D eigenvalue weighted by molar-refractivity contribution is -0.147. The minimum atomic E-state index is -0.674. The van der Waals surface area contributed by atoms with Gasteiger partial charge in [-0.1, -0.05) is 30.3 Å². The fraction of sp³-hybridized carbons (Fsp3) is 0.556. The second-order valence-corrected chi connectivity index (χ2v) is 7.38. The van der Waals surface area contributed by atoms with Crippen LogP contribution in [0.4, 0.5) is 4.79 Å². The van der Waals surface area contributed by atoms with Crippen LogP contribution in [0.25, 0.3) is 0 Å². The number of ether oxygens (including phenoxy) is 2. The zero-order valence-electron chi connectivity index (χ0n) is 14.1. The summed E-state index contributed by atoms with van der Waals surface area (Å²) in [5.41, 5.74) is 0.452. The maximum atomic E-state index is 12.1. The number of fused-ring (bicyclic) bond motifs is 1. The Labute approximate surface area is 141 Å². The van der Waals surface area contributed by atoms with Crippen molar-refractivity contribution in [1.29, 1.82) is 0 Å². The summed E-state index contributed by atoms with van der Waals surface area (Å²) >= 11 is 0. The molecule has 1 aromatic rings. The van der Waals surface area contributed by atoms with Crippen molar-refractivity contribution in [3.05, 3.63) is 35.9 Å². The van der Waals surface area contributed by atoms with Crippen molar-refractivity contribution >= 4 is 12.1 Å². The van der Waals surface area contributed by atoms with E-state index in [1.165, 1.54) is 0 Å². The van der Waals surface area contributed by atoms with Crippen LogP contribution in [0.3, 0.4) is 0 Å². The average molecular weight is 333 g/mol. The van der Waals surface area contributed by atoms with Gasteiger partial charge in [-0.25, -0.2) is 4.79 Å². The van der Waals surface area contributed by atoms with Gasteiger partial charge in [0, 0.05) is 11.8 Å². The Morgan fingerprint density at radius 1 is 1.29 bits per heavy atom. The van der Waals surface area contributed by atoms with Crippen molar-refractivity contribution in [2.24, 2.45) is 11.8 Å². The summed E-state index contributed by atoms with van der Waals surface area (Å²) in [6.45, 7) is 4.97. The fourth-order valence-electron chi connectivity index (χ4n) is 3.48. The maximum absolute atomic E-state index is 12.1. The number of esters is 1. The van der Waals surface area contributed by atoms with E-state index in [2.05, 4.69) is 5.32 Å². The first kappa shape index (κ1) is 16.8. The molecule has 6 heteroatoms. The van der Waals surface area contributed by atoms with Gasteiger partial charge in [-0.15, -0.1) is 0 Å². The second kappa shape index (κ2) is 6.09. The minimum absolute atomic E-state index is 0.0213. The largest absolute Gasteiger partial charge is 0.459 e. The second-order valence-electron chi connectivity index (χ2n) is 7.38. The molecule has 130 valence electrons. The van der Waals surface area contributed by atoms with Crippen molar-refractivity contribution in [2.45, 2.75) is 44.4 Å². The third kappa shape index (κ3) is 3.24. The van der Waals surface area contributed by atoms with Crippen LogP contribution in [0.2, 0.25) is 0 Å². The van der Waals surface area contributed by atoms with Crippen LogP contribution in [-0.2, 0) is 14.3 Å². The number of aliphatic hydroxyl groups is 1. The molecule has 2 fully saturated rings. The van der Waals surface area contributed by atoms with Gasteiger partial charge in [0.2, 0.25) is 0 Å². The molecule has 2 N–H and O–H groups in total. The van der Waals surface area contributed by atoms with Crippen LogP contribution in [0, 0.1) is 11.8 Å². The van der Waals surface area contributed by atoms with Crippen LogP contribution in [-0.4, -0.2) is 41.5 Å². The van der Waals surface area contributed by atoms with Crippen LogP contribution in [0.15, 0.2) is 30.3 Å². The summed E-state index contributed by atoms with van der Waals surface area (Å²) in [5.74, 6) is -0.380. The number of rotatable bonds is 4. The highest BCUT2D eigenvalue weighted by Gasteiger charge is 2.67. The molecule has 0 spiro atoms. The van der Waals surface area contributed by atoms with E-state index in [0.29, 0.717) is 0 Å². The molecule has 1 aliphatic heterocycles. The lowest BCUT2D eigenvalue weighted by Gasteiger charge is -2.27. The number of hydrogen-bond acceptors (Lipinski definition) is 5. The first-order chi connectivity index (χ1) is 11.3. The maximum Gasteiger partial charge on any atom is 0.408 e. The molecular weight excluding hydrogens is 310 g/mol. The molecule has 3 rings (SSSR count). The first-order valence-corrected chi connectivity index (χ1v) is 8.17. The van der Waals surface area contributed by atoms with E-state index in [1.807, 2.05) is 30.3 Å². The van der Waals surface area contributed by atoms with Crippen LogP contribution in [0.5, 0.6) is 0 Å². The van der Waals surface area contributed by atoms with E-state index >= 15 is 0 Å². The third-order valence-electron chi connectivity index (χ3n) is 4.46. The van der Waals surface area contributed by atoms with Gasteiger partial charge in [0.15, 0.2) is 0 Å². The molecule has 5 atom stereocenters. The molecule has 6 nitrogen and oxygen atoms in total. The number of nitrogens with one attached hydrogen (secondary N) is 1. The molecule has 2 aliphatic rings. The quantitative estimate of drug-likeness (QED) is 0.821. The van der Waals surface area contributed by atoms with Gasteiger partial charge in [0.05, 0.1) is 18.6 Å². The monoisotopic (exact) mass is 333 g/mol. The Bertz CT molecular complexity index is 624. The van der Waals surface area contributed by atoms with E-state index in [9.17, 15) is 14.7 Å². The van der Waals surface area contributed by atoms with E-state index in [-0.39, 0.29) is 30.3 Å². The van der Waals surface area contributed by atoms with E-state index in [4.69, 9.17) is 9.47 Å². The van der Waals surface area contributed by atoms with E-state index < -0.39 is 23.8 Å². The van der Waals surface area contributed by atoms with Crippen LogP contribution < -0.4 is 5.32 Å². The topological polar surface area (TPSA) is 84.9 Å². The fourth-order valence-corrected chi connectivity index (χ4v) is 3.48. The van der Waals surface area contributed by atoms with Crippen molar-refractivity contribution in [3.63, 3.8) is 0 Å². The summed E-state index contributed by atoms with van der Waals surface area (Å²) in [6.07, 6.45) is -1.16.